The quantitative estimate of drug-likeness (QED) is 0.755. The van der Waals surface area contributed by atoms with Crippen LogP contribution < -0.4 is 10.1 Å². The molecule has 0 aliphatic rings. The fourth-order valence-electron chi connectivity index (χ4n) is 1.82. The van der Waals surface area contributed by atoms with Gasteiger partial charge in [0.25, 0.3) is 5.91 Å². The summed E-state index contributed by atoms with van der Waals surface area (Å²) < 4.78 is 5.09. The van der Waals surface area contributed by atoms with E-state index in [1.54, 1.807) is 39.2 Å². The Morgan fingerprint density at radius 3 is 2.52 bits per heavy atom. The number of ether oxygens (including phenoxy) is 1. The molecule has 1 aromatic heterocycles. The summed E-state index contributed by atoms with van der Waals surface area (Å²) in [6, 6.07) is 8.90. The molecule has 122 valence electrons. The highest BCUT2D eigenvalue weighted by atomic mass is 16.5. The van der Waals surface area contributed by atoms with Crippen molar-refractivity contribution >= 4 is 11.9 Å². The van der Waals surface area contributed by atoms with Crippen LogP contribution in [-0.4, -0.2) is 40.8 Å². The number of carbonyl (C=O) groups excluding carboxylic acids is 1. The van der Waals surface area contributed by atoms with Gasteiger partial charge >= 0.3 is 5.97 Å². The van der Waals surface area contributed by atoms with Crippen molar-refractivity contribution in [3.63, 3.8) is 0 Å². The van der Waals surface area contributed by atoms with E-state index < -0.39 is 17.3 Å². The van der Waals surface area contributed by atoms with Gasteiger partial charge in [-0.3, -0.25) is 14.7 Å². The highest BCUT2D eigenvalue weighted by Crippen LogP contribution is 2.21. The minimum atomic E-state index is -1.03. The van der Waals surface area contributed by atoms with E-state index in [-0.39, 0.29) is 12.2 Å². The van der Waals surface area contributed by atoms with Crippen LogP contribution in [0.15, 0.2) is 30.3 Å². The summed E-state index contributed by atoms with van der Waals surface area (Å²) in [5.74, 6) is -0.633. The van der Waals surface area contributed by atoms with Crippen LogP contribution in [-0.2, 0) is 4.79 Å². The van der Waals surface area contributed by atoms with Gasteiger partial charge in [0.15, 0.2) is 0 Å². The van der Waals surface area contributed by atoms with Gasteiger partial charge in [-0.1, -0.05) is 0 Å². The number of nitrogens with zero attached hydrogens (tertiary/aromatic N) is 1. The number of amides is 1. The lowest BCUT2D eigenvalue weighted by atomic mass is 9.94. The number of hydrogen-bond acceptors (Lipinski definition) is 4. The molecule has 0 unspecified atom stereocenters. The standard InChI is InChI=1S/C16H19N3O4/c1-16(2,15(21)22)9-17-14(20)13-8-12(18-19-13)10-4-6-11(23-3)7-5-10/h4-8H,9H2,1-3H3,(H,17,20)(H,18,19)(H,21,22). The first-order valence-electron chi connectivity index (χ1n) is 7.05. The van der Waals surface area contributed by atoms with Crippen molar-refractivity contribution in [1.29, 1.82) is 0 Å². The van der Waals surface area contributed by atoms with Gasteiger partial charge in [-0.2, -0.15) is 5.10 Å². The minimum Gasteiger partial charge on any atom is -0.497 e. The number of aliphatic carboxylic acids is 1. The molecule has 0 aliphatic carbocycles. The van der Waals surface area contributed by atoms with E-state index in [2.05, 4.69) is 15.5 Å². The molecule has 0 saturated carbocycles. The Labute approximate surface area is 133 Å². The molecule has 1 heterocycles. The van der Waals surface area contributed by atoms with E-state index >= 15 is 0 Å². The number of H-pyrrole nitrogens is 1. The number of benzene rings is 1. The molecule has 0 radical (unpaired) electrons. The second-order valence-electron chi connectivity index (χ2n) is 5.77. The lowest BCUT2D eigenvalue weighted by Crippen LogP contribution is -2.39. The van der Waals surface area contributed by atoms with Gasteiger partial charge in [0.2, 0.25) is 0 Å². The van der Waals surface area contributed by atoms with Crippen molar-refractivity contribution in [2.75, 3.05) is 13.7 Å². The first-order chi connectivity index (χ1) is 10.8. The van der Waals surface area contributed by atoms with E-state index in [0.717, 1.165) is 11.3 Å². The topological polar surface area (TPSA) is 104 Å². The predicted molar refractivity (Wildman–Crippen MR) is 84.3 cm³/mol. The molecule has 0 fully saturated rings. The van der Waals surface area contributed by atoms with Gasteiger partial charge in [0, 0.05) is 12.1 Å². The van der Waals surface area contributed by atoms with E-state index in [0.29, 0.717) is 5.69 Å². The second kappa shape index (κ2) is 6.51. The molecule has 0 aliphatic heterocycles. The molecule has 3 N–H and O–H groups in total. The summed E-state index contributed by atoms with van der Waals surface area (Å²) in [7, 11) is 1.59. The maximum absolute atomic E-state index is 12.1. The van der Waals surface area contributed by atoms with Gasteiger partial charge in [0.05, 0.1) is 18.2 Å². The smallest absolute Gasteiger partial charge is 0.310 e. The van der Waals surface area contributed by atoms with Crippen molar-refractivity contribution < 1.29 is 19.4 Å². The molecule has 0 atom stereocenters. The van der Waals surface area contributed by atoms with E-state index in [4.69, 9.17) is 9.84 Å². The van der Waals surface area contributed by atoms with Crippen LogP contribution in [0.4, 0.5) is 0 Å². The van der Waals surface area contributed by atoms with Crippen LogP contribution in [0.5, 0.6) is 5.75 Å². The minimum absolute atomic E-state index is 0.0258. The van der Waals surface area contributed by atoms with E-state index in [1.807, 2.05) is 12.1 Å². The summed E-state index contributed by atoms with van der Waals surface area (Å²) in [5, 5.41) is 18.4. The fraction of sp³-hybridized carbons (Fsp3) is 0.312. The molecule has 7 nitrogen and oxygen atoms in total. The average Bonchev–Trinajstić information content (AvgIpc) is 3.02. The predicted octanol–water partition coefficient (Wildman–Crippen LogP) is 1.93. The van der Waals surface area contributed by atoms with Crippen molar-refractivity contribution in [1.82, 2.24) is 15.5 Å². The van der Waals surface area contributed by atoms with Crippen LogP contribution in [0.25, 0.3) is 11.3 Å². The third-order valence-electron chi connectivity index (χ3n) is 3.48. The van der Waals surface area contributed by atoms with Gasteiger partial charge in [-0.25, -0.2) is 0 Å². The van der Waals surface area contributed by atoms with Crippen LogP contribution in [0.1, 0.15) is 24.3 Å². The Hall–Kier alpha value is -2.83. The number of aromatic nitrogens is 2. The Balaban J connectivity index is 2.06. The lowest BCUT2D eigenvalue weighted by Gasteiger charge is -2.18. The second-order valence-corrected chi connectivity index (χ2v) is 5.77. The number of carboxylic acid groups (broad SMARTS) is 1. The first-order valence-corrected chi connectivity index (χ1v) is 7.05. The summed E-state index contributed by atoms with van der Waals surface area (Å²) in [5.41, 5.74) is 0.702. The van der Waals surface area contributed by atoms with E-state index in [1.165, 1.54) is 0 Å². The monoisotopic (exact) mass is 317 g/mol. The Bertz CT molecular complexity index is 704. The van der Waals surface area contributed by atoms with Crippen molar-refractivity contribution in [2.24, 2.45) is 5.41 Å². The zero-order chi connectivity index (χ0) is 17.0. The third kappa shape index (κ3) is 3.88. The number of nitrogens with one attached hydrogen (secondary N) is 2. The first kappa shape index (κ1) is 16.5. The highest BCUT2D eigenvalue weighted by molar-refractivity contribution is 5.93. The van der Waals surface area contributed by atoms with Crippen LogP contribution in [0, 0.1) is 5.41 Å². The van der Waals surface area contributed by atoms with E-state index in [9.17, 15) is 9.59 Å². The summed E-state index contributed by atoms with van der Waals surface area (Å²) in [4.78, 5) is 23.1. The fourth-order valence-corrected chi connectivity index (χ4v) is 1.82. The number of methoxy groups -OCH3 is 1. The zero-order valence-corrected chi connectivity index (χ0v) is 13.2. The van der Waals surface area contributed by atoms with Crippen molar-refractivity contribution in [3.8, 4) is 17.0 Å². The molecule has 23 heavy (non-hydrogen) atoms. The average molecular weight is 317 g/mol. The van der Waals surface area contributed by atoms with Crippen LogP contribution in [0.3, 0.4) is 0 Å². The summed E-state index contributed by atoms with van der Waals surface area (Å²) in [6.07, 6.45) is 0. The number of hydrogen-bond donors (Lipinski definition) is 3. The number of aromatic amines is 1. The Kier molecular flexibility index (Phi) is 4.68. The molecule has 1 amide bonds. The zero-order valence-electron chi connectivity index (χ0n) is 13.2. The molecular weight excluding hydrogens is 298 g/mol. The molecule has 2 aromatic rings. The lowest BCUT2D eigenvalue weighted by molar-refractivity contribution is -0.146. The maximum atomic E-state index is 12.1. The Morgan fingerprint density at radius 2 is 1.96 bits per heavy atom. The van der Waals surface area contributed by atoms with Gasteiger partial charge in [-0.05, 0) is 44.2 Å². The van der Waals surface area contributed by atoms with Crippen LogP contribution in [0.2, 0.25) is 0 Å². The highest BCUT2D eigenvalue weighted by Gasteiger charge is 2.28. The molecule has 0 bridgehead atoms. The summed E-state index contributed by atoms with van der Waals surface area (Å²) in [6.45, 7) is 3.12. The largest absolute Gasteiger partial charge is 0.497 e. The molecule has 0 saturated heterocycles. The van der Waals surface area contributed by atoms with Crippen LogP contribution >= 0.6 is 0 Å². The molecule has 2 rings (SSSR count). The number of carboxylic acids is 1. The molecule has 7 heteroatoms. The summed E-state index contributed by atoms with van der Waals surface area (Å²) >= 11 is 0. The van der Waals surface area contributed by atoms with Gasteiger partial charge in [0.1, 0.15) is 11.4 Å². The van der Waals surface area contributed by atoms with Gasteiger partial charge < -0.3 is 15.2 Å². The molecule has 0 spiro atoms. The third-order valence-corrected chi connectivity index (χ3v) is 3.48. The Morgan fingerprint density at radius 1 is 1.30 bits per heavy atom. The maximum Gasteiger partial charge on any atom is 0.310 e. The SMILES string of the molecule is COc1ccc(-c2cc(C(=O)NCC(C)(C)C(=O)O)[nH]n2)cc1. The van der Waals surface area contributed by atoms with Gasteiger partial charge in [-0.15, -0.1) is 0 Å². The molecule has 1 aromatic carbocycles. The van der Waals surface area contributed by atoms with Crippen molar-refractivity contribution in [2.45, 2.75) is 13.8 Å². The number of carbonyl (C=O) groups is 2. The van der Waals surface area contributed by atoms with Crippen molar-refractivity contribution in [3.05, 3.63) is 36.0 Å². The number of rotatable bonds is 6. The normalized spacial score (nSPS) is 11.1. The molecular formula is C16H19N3O4.